The maximum atomic E-state index is 11.4. The number of nitrogens with zero attached hydrogens (tertiary/aromatic N) is 2. The molecule has 1 aromatic heterocycles. The second-order valence-electron chi connectivity index (χ2n) is 3.88. The Morgan fingerprint density at radius 1 is 1.61 bits per heavy atom. The van der Waals surface area contributed by atoms with Crippen molar-refractivity contribution < 1.29 is 14.7 Å². The van der Waals surface area contributed by atoms with E-state index >= 15 is 0 Å². The van der Waals surface area contributed by atoms with Crippen LogP contribution >= 0.6 is 0 Å². The minimum Gasteiger partial charge on any atom is -0.481 e. The topological polar surface area (TPSA) is 136 Å². The van der Waals surface area contributed by atoms with Gasteiger partial charge in [-0.05, 0) is 6.92 Å². The number of nitrogens with two attached hydrogens (primary N) is 2. The molecule has 0 saturated heterocycles. The number of amides is 1. The van der Waals surface area contributed by atoms with E-state index in [1.54, 1.807) is 11.5 Å². The molecule has 100 valence electrons. The lowest BCUT2D eigenvalue weighted by molar-refractivity contribution is -0.139. The molecule has 0 saturated carbocycles. The fourth-order valence-corrected chi connectivity index (χ4v) is 1.48. The van der Waals surface area contributed by atoms with Crippen molar-refractivity contribution in [2.75, 3.05) is 12.3 Å². The van der Waals surface area contributed by atoms with Crippen molar-refractivity contribution in [2.45, 2.75) is 25.9 Å². The van der Waals surface area contributed by atoms with Gasteiger partial charge in [0.2, 0.25) is 5.91 Å². The highest BCUT2D eigenvalue weighted by molar-refractivity contribution is 5.85. The molecule has 0 spiro atoms. The number of hydrogen-bond acceptors (Lipinski definition) is 5. The van der Waals surface area contributed by atoms with Crippen LogP contribution in [0.5, 0.6) is 0 Å². The summed E-state index contributed by atoms with van der Waals surface area (Å²) in [6.07, 6.45) is 1.14. The zero-order valence-electron chi connectivity index (χ0n) is 10.1. The molecule has 0 fully saturated rings. The predicted molar refractivity (Wildman–Crippen MR) is 64.6 cm³/mol. The highest BCUT2D eigenvalue weighted by Crippen LogP contribution is 2.04. The van der Waals surface area contributed by atoms with E-state index in [4.69, 9.17) is 16.6 Å². The van der Waals surface area contributed by atoms with E-state index in [1.165, 1.54) is 6.20 Å². The normalized spacial score (nSPS) is 12.1. The Morgan fingerprint density at radius 3 is 2.78 bits per heavy atom. The molecule has 8 heteroatoms. The number of nitrogen functional groups attached to an aromatic ring is 1. The largest absolute Gasteiger partial charge is 0.481 e. The summed E-state index contributed by atoms with van der Waals surface area (Å²) in [5.41, 5.74) is 11.1. The van der Waals surface area contributed by atoms with E-state index in [1.807, 2.05) is 0 Å². The smallest absolute Gasteiger partial charge is 0.305 e. The van der Waals surface area contributed by atoms with Gasteiger partial charge in [0.1, 0.15) is 11.6 Å². The summed E-state index contributed by atoms with van der Waals surface area (Å²) < 4.78 is 1.74. The van der Waals surface area contributed by atoms with Crippen molar-refractivity contribution in [2.24, 2.45) is 5.73 Å². The van der Waals surface area contributed by atoms with Crippen LogP contribution in [-0.2, 0) is 16.1 Å². The van der Waals surface area contributed by atoms with E-state index in [9.17, 15) is 9.59 Å². The quantitative estimate of drug-likeness (QED) is 0.498. The van der Waals surface area contributed by atoms with Crippen molar-refractivity contribution in [1.29, 1.82) is 0 Å². The van der Waals surface area contributed by atoms with Gasteiger partial charge >= 0.3 is 5.97 Å². The molecule has 8 nitrogen and oxygen atoms in total. The van der Waals surface area contributed by atoms with Gasteiger partial charge < -0.3 is 26.5 Å². The molecule has 0 aliphatic rings. The summed E-state index contributed by atoms with van der Waals surface area (Å²) in [6, 6.07) is -1.04. The third-order valence-electron chi connectivity index (χ3n) is 2.45. The number of aromatic nitrogens is 2. The molecule has 0 aliphatic heterocycles. The standard InChI is InChI=1S/C10H17N5O3/c1-6-14-5-8(12)15(6)3-2-13-10(18)7(11)4-9(16)17/h5,7H,2-4,11-12H2,1H3,(H,13,18)(H,16,17). The number of anilines is 1. The molecule has 0 bridgehead atoms. The number of hydrogen-bond donors (Lipinski definition) is 4. The van der Waals surface area contributed by atoms with Gasteiger partial charge in [0.15, 0.2) is 0 Å². The van der Waals surface area contributed by atoms with Gasteiger partial charge in [-0.3, -0.25) is 9.59 Å². The Bertz CT molecular complexity index is 423. The van der Waals surface area contributed by atoms with Gasteiger partial charge in [-0.1, -0.05) is 0 Å². The Morgan fingerprint density at radius 2 is 2.28 bits per heavy atom. The zero-order chi connectivity index (χ0) is 13.7. The Hall–Kier alpha value is -2.09. The molecule has 0 aromatic carbocycles. The molecule has 1 heterocycles. The van der Waals surface area contributed by atoms with Crippen molar-refractivity contribution in [3.63, 3.8) is 0 Å². The molecular formula is C10H17N5O3. The number of aliphatic carboxylic acids is 1. The van der Waals surface area contributed by atoms with Crippen LogP contribution in [0.25, 0.3) is 0 Å². The van der Waals surface area contributed by atoms with Crippen molar-refractivity contribution in [3.05, 3.63) is 12.0 Å². The van der Waals surface area contributed by atoms with Crippen LogP contribution in [0.15, 0.2) is 6.20 Å². The van der Waals surface area contributed by atoms with Crippen molar-refractivity contribution >= 4 is 17.7 Å². The van der Waals surface area contributed by atoms with Crippen LogP contribution in [0.1, 0.15) is 12.2 Å². The van der Waals surface area contributed by atoms with Gasteiger partial charge in [0, 0.05) is 13.1 Å². The van der Waals surface area contributed by atoms with E-state index in [0.29, 0.717) is 18.9 Å². The van der Waals surface area contributed by atoms with Crippen LogP contribution in [0.2, 0.25) is 0 Å². The summed E-state index contributed by atoms with van der Waals surface area (Å²) in [4.78, 5) is 25.8. The Balaban J connectivity index is 2.38. The first-order valence-electron chi connectivity index (χ1n) is 5.44. The highest BCUT2D eigenvalue weighted by atomic mass is 16.4. The minimum absolute atomic E-state index is 0.313. The Labute approximate surface area is 104 Å². The molecule has 1 unspecified atom stereocenters. The summed E-state index contributed by atoms with van der Waals surface area (Å²) in [5, 5.41) is 11.0. The molecular weight excluding hydrogens is 238 g/mol. The fraction of sp³-hybridized carbons (Fsp3) is 0.500. The Kier molecular flexibility index (Phi) is 4.67. The van der Waals surface area contributed by atoms with Gasteiger partial charge in [0.25, 0.3) is 0 Å². The first kappa shape index (κ1) is 14.0. The third kappa shape index (κ3) is 3.74. The number of carbonyl (C=O) groups excluding carboxylic acids is 1. The molecule has 1 atom stereocenters. The first-order valence-corrected chi connectivity index (χ1v) is 5.44. The van der Waals surface area contributed by atoms with Gasteiger partial charge in [-0.15, -0.1) is 0 Å². The maximum Gasteiger partial charge on any atom is 0.305 e. The van der Waals surface area contributed by atoms with Crippen LogP contribution < -0.4 is 16.8 Å². The van der Waals surface area contributed by atoms with E-state index in [-0.39, 0.29) is 0 Å². The predicted octanol–water partition coefficient (Wildman–Crippen LogP) is -1.31. The molecule has 0 radical (unpaired) electrons. The lowest BCUT2D eigenvalue weighted by Crippen LogP contribution is -2.43. The average Bonchev–Trinajstić information content (AvgIpc) is 2.59. The van der Waals surface area contributed by atoms with Gasteiger partial charge in [0.05, 0.1) is 18.7 Å². The van der Waals surface area contributed by atoms with Gasteiger partial charge in [-0.2, -0.15) is 0 Å². The second-order valence-corrected chi connectivity index (χ2v) is 3.88. The van der Waals surface area contributed by atoms with Crippen LogP contribution in [-0.4, -0.2) is 39.1 Å². The number of carbonyl (C=O) groups is 2. The summed E-state index contributed by atoms with van der Waals surface area (Å²) in [7, 11) is 0. The van der Waals surface area contributed by atoms with Crippen LogP contribution in [0.4, 0.5) is 5.82 Å². The van der Waals surface area contributed by atoms with Crippen molar-refractivity contribution in [1.82, 2.24) is 14.9 Å². The number of nitrogens with one attached hydrogen (secondary N) is 1. The van der Waals surface area contributed by atoms with Crippen LogP contribution in [0.3, 0.4) is 0 Å². The van der Waals surface area contributed by atoms with Gasteiger partial charge in [-0.25, -0.2) is 4.98 Å². The number of rotatable bonds is 6. The van der Waals surface area contributed by atoms with E-state index < -0.39 is 24.3 Å². The summed E-state index contributed by atoms with van der Waals surface area (Å²) in [6.45, 7) is 2.57. The maximum absolute atomic E-state index is 11.4. The third-order valence-corrected chi connectivity index (χ3v) is 2.45. The highest BCUT2D eigenvalue weighted by Gasteiger charge is 2.16. The number of carboxylic acid groups (broad SMARTS) is 1. The molecule has 1 aromatic rings. The van der Waals surface area contributed by atoms with Crippen molar-refractivity contribution in [3.8, 4) is 0 Å². The second kappa shape index (κ2) is 6.01. The monoisotopic (exact) mass is 255 g/mol. The summed E-state index contributed by atoms with van der Waals surface area (Å²) >= 11 is 0. The zero-order valence-corrected chi connectivity index (χ0v) is 10.1. The molecule has 1 rings (SSSR count). The van der Waals surface area contributed by atoms with Crippen LogP contribution in [0, 0.1) is 6.92 Å². The molecule has 6 N–H and O–H groups in total. The first-order chi connectivity index (χ1) is 8.41. The number of aryl methyl sites for hydroxylation is 1. The molecule has 0 aliphatic carbocycles. The summed E-state index contributed by atoms with van der Waals surface area (Å²) in [5.74, 6) is -0.339. The molecule has 1 amide bonds. The molecule has 18 heavy (non-hydrogen) atoms. The minimum atomic E-state index is -1.10. The number of imidazole rings is 1. The van der Waals surface area contributed by atoms with E-state index in [0.717, 1.165) is 5.82 Å². The average molecular weight is 255 g/mol. The fourth-order valence-electron chi connectivity index (χ4n) is 1.48. The number of carboxylic acids is 1. The van der Waals surface area contributed by atoms with E-state index in [2.05, 4.69) is 10.3 Å². The SMILES string of the molecule is Cc1ncc(N)n1CCNC(=O)C(N)CC(=O)O. The lowest BCUT2D eigenvalue weighted by Gasteiger charge is -2.11. The lowest BCUT2D eigenvalue weighted by atomic mass is 10.2.